The monoisotopic (exact) mass is 226 g/mol. The summed E-state index contributed by atoms with van der Waals surface area (Å²) in [4.78, 5) is 22.7. The molecule has 1 rings (SSSR count). The minimum atomic E-state index is -0.166. The van der Waals surface area contributed by atoms with Crippen molar-refractivity contribution in [1.29, 1.82) is 0 Å². The van der Waals surface area contributed by atoms with E-state index in [2.05, 4.69) is 17.6 Å². The molecule has 0 spiro atoms. The van der Waals surface area contributed by atoms with Crippen LogP contribution in [-0.2, 0) is 9.59 Å². The summed E-state index contributed by atoms with van der Waals surface area (Å²) in [6.45, 7) is 4.68. The molecule has 92 valence electrons. The third kappa shape index (κ3) is 4.21. The van der Waals surface area contributed by atoms with Crippen LogP contribution in [0.5, 0.6) is 0 Å². The summed E-state index contributed by atoms with van der Waals surface area (Å²) in [7, 11) is 0. The predicted octanol–water partition coefficient (Wildman–Crippen LogP) is 1.21. The second-order valence-corrected chi connectivity index (χ2v) is 4.61. The van der Waals surface area contributed by atoms with Crippen LogP contribution >= 0.6 is 0 Å². The van der Waals surface area contributed by atoms with Crippen molar-refractivity contribution in [3.8, 4) is 0 Å². The largest absolute Gasteiger partial charge is 0.355 e. The molecule has 1 aliphatic heterocycles. The van der Waals surface area contributed by atoms with E-state index in [1.807, 2.05) is 6.92 Å². The first-order chi connectivity index (χ1) is 7.63. The molecule has 0 aromatic rings. The number of rotatable bonds is 6. The number of unbranched alkanes of at least 4 members (excludes halogenated alkanes) is 2. The highest BCUT2D eigenvalue weighted by Crippen LogP contribution is 2.10. The molecule has 16 heavy (non-hydrogen) atoms. The lowest BCUT2D eigenvalue weighted by Crippen LogP contribution is -2.38. The van der Waals surface area contributed by atoms with E-state index in [9.17, 15) is 9.59 Å². The highest BCUT2D eigenvalue weighted by molar-refractivity contribution is 5.89. The van der Waals surface area contributed by atoms with Crippen LogP contribution in [0.15, 0.2) is 0 Å². The van der Waals surface area contributed by atoms with E-state index < -0.39 is 0 Å². The summed E-state index contributed by atoms with van der Waals surface area (Å²) in [5, 5.41) is 5.65. The summed E-state index contributed by atoms with van der Waals surface area (Å²) in [6.07, 6.45) is 4.92. The highest BCUT2D eigenvalue weighted by atomic mass is 16.2. The zero-order valence-electron chi connectivity index (χ0n) is 10.2. The first-order valence-electron chi connectivity index (χ1n) is 6.20. The Balaban J connectivity index is 2.20. The van der Waals surface area contributed by atoms with E-state index in [0.29, 0.717) is 13.0 Å². The molecule has 1 fully saturated rings. The van der Waals surface area contributed by atoms with E-state index in [-0.39, 0.29) is 23.8 Å². The number of carbonyl (C=O) groups is 2. The Morgan fingerprint density at radius 1 is 1.56 bits per heavy atom. The summed E-state index contributed by atoms with van der Waals surface area (Å²) >= 11 is 0. The third-order valence-electron chi connectivity index (χ3n) is 2.98. The first-order valence-corrected chi connectivity index (χ1v) is 6.20. The number of carbonyl (C=O) groups excluding carboxylic acids is 2. The minimum Gasteiger partial charge on any atom is -0.355 e. The van der Waals surface area contributed by atoms with Crippen LogP contribution in [0.2, 0.25) is 0 Å². The van der Waals surface area contributed by atoms with Crippen LogP contribution in [-0.4, -0.2) is 24.4 Å². The maximum atomic E-state index is 11.7. The molecule has 0 bridgehead atoms. The van der Waals surface area contributed by atoms with E-state index in [1.54, 1.807) is 0 Å². The zero-order valence-corrected chi connectivity index (χ0v) is 10.2. The van der Waals surface area contributed by atoms with E-state index in [4.69, 9.17) is 0 Å². The van der Waals surface area contributed by atoms with Crippen LogP contribution < -0.4 is 10.6 Å². The van der Waals surface area contributed by atoms with Gasteiger partial charge in [0, 0.05) is 19.0 Å². The zero-order chi connectivity index (χ0) is 12.0. The van der Waals surface area contributed by atoms with Gasteiger partial charge in [0.25, 0.3) is 0 Å². The molecule has 1 heterocycles. The van der Waals surface area contributed by atoms with Gasteiger partial charge in [-0.05, 0) is 13.3 Å². The van der Waals surface area contributed by atoms with Gasteiger partial charge in [-0.2, -0.15) is 0 Å². The second-order valence-electron chi connectivity index (χ2n) is 4.61. The maximum absolute atomic E-state index is 11.7. The molecule has 0 aromatic carbocycles. The van der Waals surface area contributed by atoms with Gasteiger partial charge in [-0.3, -0.25) is 9.59 Å². The van der Waals surface area contributed by atoms with Crippen molar-refractivity contribution in [2.75, 3.05) is 6.54 Å². The first kappa shape index (κ1) is 13.0. The lowest BCUT2D eigenvalue weighted by Gasteiger charge is -2.15. The molecule has 0 aromatic heterocycles. The molecule has 0 aliphatic carbocycles. The number of amides is 2. The quantitative estimate of drug-likeness (QED) is 0.669. The summed E-state index contributed by atoms with van der Waals surface area (Å²) < 4.78 is 0. The van der Waals surface area contributed by atoms with Crippen molar-refractivity contribution in [3.63, 3.8) is 0 Å². The molecule has 2 N–H and O–H groups in total. The second kappa shape index (κ2) is 6.51. The van der Waals surface area contributed by atoms with Gasteiger partial charge in [-0.25, -0.2) is 0 Å². The van der Waals surface area contributed by atoms with Crippen molar-refractivity contribution < 1.29 is 9.59 Å². The Kier molecular flexibility index (Phi) is 5.29. The van der Waals surface area contributed by atoms with Crippen LogP contribution in [0, 0.1) is 5.92 Å². The van der Waals surface area contributed by atoms with Gasteiger partial charge in [0.15, 0.2) is 0 Å². The van der Waals surface area contributed by atoms with Gasteiger partial charge in [0.2, 0.25) is 11.8 Å². The molecule has 0 radical (unpaired) electrons. The predicted molar refractivity (Wildman–Crippen MR) is 62.9 cm³/mol. The van der Waals surface area contributed by atoms with Crippen molar-refractivity contribution in [3.05, 3.63) is 0 Å². The maximum Gasteiger partial charge on any atom is 0.225 e. The standard InChI is InChI=1S/C12H22N2O2/c1-3-4-5-6-9(2)14-12(16)10-7-11(15)13-8-10/h9-10H,3-8H2,1-2H3,(H,13,15)(H,14,16). The Hall–Kier alpha value is -1.06. The fourth-order valence-electron chi connectivity index (χ4n) is 1.92. The molecule has 2 amide bonds. The van der Waals surface area contributed by atoms with Crippen LogP contribution in [0.25, 0.3) is 0 Å². The molecule has 2 unspecified atom stereocenters. The molecule has 2 atom stereocenters. The van der Waals surface area contributed by atoms with Gasteiger partial charge < -0.3 is 10.6 Å². The molecular weight excluding hydrogens is 204 g/mol. The number of nitrogens with one attached hydrogen (secondary N) is 2. The van der Waals surface area contributed by atoms with Gasteiger partial charge in [-0.1, -0.05) is 26.2 Å². The van der Waals surface area contributed by atoms with Crippen LogP contribution in [0.1, 0.15) is 46.0 Å². The molecule has 1 saturated heterocycles. The van der Waals surface area contributed by atoms with Crippen molar-refractivity contribution in [1.82, 2.24) is 10.6 Å². The van der Waals surface area contributed by atoms with Crippen molar-refractivity contribution in [2.24, 2.45) is 5.92 Å². The van der Waals surface area contributed by atoms with Gasteiger partial charge in [0.05, 0.1) is 5.92 Å². The van der Waals surface area contributed by atoms with Crippen molar-refractivity contribution >= 4 is 11.8 Å². The fourth-order valence-corrected chi connectivity index (χ4v) is 1.92. The Bertz CT molecular complexity index is 253. The van der Waals surface area contributed by atoms with Gasteiger partial charge in [-0.15, -0.1) is 0 Å². The van der Waals surface area contributed by atoms with Crippen LogP contribution in [0.4, 0.5) is 0 Å². The van der Waals surface area contributed by atoms with Crippen molar-refractivity contribution in [2.45, 2.75) is 52.0 Å². The van der Waals surface area contributed by atoms with E-state index >= 15 is 0 Å². The number of hydrogen-bond donors (Lipinski definition) is 2. The molecular formula is C12H22N2O2. The molecule has 0 saturated carbocycles. The highest BCUT2D eigenvalue weighted by Gasteiger charge is 2.28. The van der Waals surface area contributed by atoms with Gasteiger partial charge >= 0.3 is 0 Å². The summed E-state index contributed by atoms with van der Waals surface area (Å²) in [6, 6.07) is 0.217. The average Bonchev–Trinajstić information content (AvgIpc) is 2.65. The Labute approximate surface area is 97.2 Å². The van der Waals surface area contributed by atoms with E-state index in [1.165, 1.54) is 12.8 Å². The smallest absolute Gasteiger partial charge is 0.225 e. The van der Waals surface area contributed by atoms with Gasteiger partial charge in [0.1, 0.15) is 0 Å². The normalized spacial score (nSPS) is 21.6. The lowest BCUT2D eigenvalue weighted by molar-refractivity contribution is -0.127. The fraction of sp³-hybridized carbons (Fsp3) is 0.833. The molecule has 1 aliphatic rings. The minimum absolute atomic E-state index is 0.0150. The molecule has 4 nitrogen and oxygen atoms in total. The third-order valence-corrected chi connectivity index (χ3v) is 2.98. The van der Waals surface area contributed by atoms with E-state index in [0.717, 1.165) is 12.8 Å². The van der Waals surface area contributed by atoms with Crippen LogP contribution in [0.3, 0.4) is 0 Å². The Morgan fingerprint density at radius 2 is 2.31 bits per heavy atom. The topological polar surface area (TPSA) is 58.2 Å². The lowest BCUT2D eigenvalue weighted by atomic mass is 10.1. The summed E-state index contributed by atoms with van der Waals surface area (Å²) in [5.74, 6) is -0.165. The number of hydrogen-bond acceptors (Lipinski definition) is 2. The molecule has 4 heteroatoms. The SMILES string of the molecule is CCCCCC(C)NC(=O)C1CNC(=O)C1. The average molecular weight is 226 g/mol. The summed E-state index contributed by atoms with van der Waals surface area (Å²) in [5.41, 5.74) is 0. The Morgan fingerprint density at radius 3 is 2.88 bits per heavy atom.